The molecule has 1 saturated carbocycles. The van der Waals surface area contributed by atoms with Gasteiger partial charge in [0.25, 0.3) is 0 Å². The Morgan fingerprint density at radius 1 is 1.60 bits per heavy atom. The molecule has 1 fully saturated rings. The quantitative estimate of drug-likeness (QED) is 0.513. The van der Waals surface area contributed by atoms with Gasteiger partial charge in [-0.2, -0.15) is 0 Å². The largest absolute Gasteiger partial charge is 0.465 e. The third-order valence-electron chi connectivity index (χ3n) is 1.75. The zero-order chi connectivity index (χ0) is 7.56. The van der Waals surface area contributed by atoms with Gasteiger partial charge in [0.2, 0.25) is 0 Å². The van der Waals surface area contributed by atoms with E-state index in [9.17, 15) is 4.79 Å². The highest BCUT2D eigenvalue weighted by Crippen LogP contribution is 2.25. The average molecular weight is 145 g/mol. The van der Waals surface area contributed by atoms with Crippen LogP contribution < -0.4 is 5.32 Å². The lowest BCUT2D eigenvalue weighted by Crippen LogP contribution is -2.37. The summed E-state index contributed by atoms with van der Waals surface area (Å²) in [4.78, 5) is 9.95. The third kappa shape index (κ3) is 1.88. The second kappa shape index (κ2) is 2.88. The predicted octanol–water partition coefficient (Wildman–Crippen LogP) is 0.0249. The first-order chi connectivity index (χ1) is 4.68. The van der Waals surface area contributed by atoms with Crippen LogP contribution in [0, 0.1) is 5.92 Å². The Kier molecular flexibility index (Phi) is 2.11. The lowest BCUT2D eigenvalue weighted by atomic mass is 9.82. The minimum Gasteiger partial charge on any atom is -0.465 e. The fraction of sp³-hybridized carbons (Fsp3) is 0.833. The van der Waals surface area contributed by atoms with E-state index < -0.39 is 6.09 Å². The molecular formula is C6H11NO3. The van der Waals surface area contributed by atoms with Gasteiger partial charge in [0.1, 0.15) is 0 Å². The van der Waals surface area contributed by atoms with Crippen molar-refractivity contribution in [2.45, 2.75) is 18.9 Å². The summed E-state index contributed by atoms with van der Waals surface area (Å²) in [5, 5.41) is 19.3. The molecule has 3 N–H and O–H groups in total. The van der Waals surface area contributed by atoms with Crippen LogP contribution in [0.1, 0.15) is 12.8 Å². The summed E-state index contributed by atoms with van der Waals surface area (Å²) in [7, 11) is 0. The number of hydrogen-bond acceptors (Lipinski definition) is 2. The highest BCUT2D eigenvalue weighted by atomic mass is 16.4. The first-order valence-electron chi connectivity index (χ1n) is 3.33. The van der Waals surface area contributed by atoms with Crippen molar-refractivity contribution in [2.24, 2.45) is 5.92 Å². The van der Waals surface area contributed by atoms with Crippen LogP contribution in [0.5, 0.6) is 0 Å². The molecule has 0 atom stereocenters. The van der Waals surface area contributed by atoms with E-state index in [0.717, 1.165) is 12.8 Å². The molecule has 1 aliphatic rings. The van der Waals surface area contributed by atoms with Gasteiger partial charge in [0, 0.05) is 6.54 Å². The van der Waals surface area contributed by atoms with Crippen LogP contribution in [0.25, 0.3) is 0 Å². The topological polar surface area (TPSA) is 69.6 Å². The van der Waals surface area contributed by atoms with Crippen molar-refractivity contribution in [3.63, 3.8) is 0 Å². The predicted molar refractivity (Wildman–Crippen MR) is 34.8 cm³/mol. The van der Waals surface area contributed by atoms with E-state index in [1.54, 1.807) is 0 Å². The number of carbonyl (C=O) groups is 1. The van der Waals surface area contributed by atoms with Gasteiger partial charge >= 0.3 is 6.09 Å². The van der Waals surface area contributed by atoms with Gasteiger partial charge in [0.15, 0.2) is 0 Å². The van der Waals surface area contributed by atoms with Gasteiger partial charge in [-0.3, -0.25) is 0 Å². The first-order valence-corrected chi connectivity index (χ1v) is 3.33. The van der Waals surface area contributed by atoms with Crippen molar-refractivity contribution in [3.05, 3.63) is 0 Å². The zero-order valence-corrected chi connectivity index (χ0v) is 5.58. The lowest BCUT2D eigenvalue weighted by Gasteiger charge is -2.30. The van der Waals surface area contributed by atoms with E-state index in [1.807, 2.05) is 0 Å². The van der Waals surface area contributed by atoms with E-state index in [-0.39, 0.29) is 6.10 Å². The molecule has 0 spiro atoms. The molecule has 10 heavy (non-hydrogen) atoms. The van der Waals surface area contributed by atoms with Crippen LogP contribution in [-0.4, -0.2) is 29.0 Å². The molecule has 0 aromatic rings. The Morgan fingerprint density at radius 3 is 2.60 bits per heavy atom. The molecule has 4 nitrogen and oxygen atoms in total. The lowest BCUT2D eigenvalue weighted by molar-refractivity contribution is 0.0431. The van der Waals surface area contributed by atoms with Gasteiger partial charge in [-0.25, -0.2) is 4.79 Å². The second-order valence-electron chi connectivity index (χ2n) is 2.68. The van der Waals surface area contributed by atoms with Crippen molar-refractivity contribution in [1.29, 1.82) is 0 Å². The summed E-state index contributed by atoms with van der Waals surface area (Å²) in [6.07, 6.45) is 0.294. The SMILES string of the molecule is O=C(O)NC[C@H]1C[C@@H](O)C1. The minimum absolute atomic E-state index is 0.194. The highest BCUT2D eigenvalue weighted by molar-refractivity contribution is 5.64. The van der Waals surface area contributed by atoms with Crippen LogP contribution in [0.15, 0.2) is 0 Å². The van der Waals surface area contributed by atoms with Crippen molar-refractivity contribution in [2.75, 3.05) is 6.54 Å². The van der Waals surface area contributed by atoms with Crippen molar-refractivity contribution >= 4 is 6.09 Å². The summed E-state index contributed by atoms with van der Waals surface area (Å²) < 4.78 is 0. The van der Waals surface area contributed by atoms with E-state index in [0.29, 0.717) is 12.5 Å². The zero-order valence-electron chi connectivity index (χ0n) is 5.58. The maximum atomic E-state index is 9.95. The molecule has 0 unspecified atom stereocenters. The molecule has 0 saturated heterocycles. The van der Waals surface area contributed by atoms with Crippen molar-refractivity contribution in [3.8, 4) is 0 Å². The van der Waals surface area contributed by atoms with E-state index in [1.165, 1.54) is 0 Å². The molecule has 0 aromatic heterocycles. The molecule has 0 aliphatic heterocycles. The molecule has 58 valence electrons. The number of rotatable bonds is 2. The minimum atomic E-state index is -0.985. The normalized spacial score (nSPS) is 30.9. The van der Waals surface area contributed by atoms with Gasteiger partial charge < -0.3 is 15.5 Å². The van der Waals surface area contributed by atoms with E-state index in [2.05, 4.69) is 5.32 Å². The monoisotopic (exact) mass is 145 g/mol. The Hall–Kier alpha value is -0.770. The smallest absolute Gasteiger partial charge is 0.404 e. The highest BCUT2D eigenvalue weighted by Gasteiger charge is 2.26. The maximum Gasteiger partial charge on any atom is 0.404 e. The van der Waals surface area contributed by atoms with Gasteiger partial charge in [-0.1, -0.05) is 0 Å². The summed E-state index contributed by atoms with van der Waals surface area (Å²) in [6, 6.07) is 0. The number of carboxylic acid groups (broad SMARTS) is 1. The van der Waals surface area contributed by atoms with Crippen LogP contribution in [-0.2, 0) is 0 Å². The Labute approximate surface area is 58.9 Å². The van der Waals surface area contributed by atoms with Crippen molar-refractivity contribution in [1.82, 2.24) is 5.32 Å². The van der Waals surface area contributed by atoms with Gasteiger partial charge in [-0.15, -0.1) is 0 Å². The number of amides is 1. The standard InChI is InChI=1S/C6H11NO3/c8-5-1-4(2-5)3-7-6(9)10/h4-5,7-8H,1-3H2,(H,9,10)/t4-,5+. The fourth-order valence-corrected chi connectivity index (χ4v) is 1.10. The first kappa shape index (κ1) is 7.34. The Morgan fingerprint density at radius 2 is 2.20 bits per heavy atom. The number of hydrogen-bond donors (Lipinski definition) is 3. The number of nitrogens with one attached hydrogen (secondary N) is 1. The second-order valence-corrected chi connectivity index (χ2v) is 2.68. The summed E-state index contributed by atoms with van der Waals surface area (Å²) in [5.74, 6) is 0.353. The van der Waals surface area contributed by atoms with Gasteiger partial charge in [-0.05, 0) is 18.8 Å². The third-order valence-corrected chi connectivity index (χ3v) is 1.75. The van der Waals surface area contributed by atoms with Crippen LogP contribution in [0.2, 0.25) is 0 Å². The molecule has 0 bridgehead atoms. The van der Waals surface area contributed by atoms with Crippen molar-refractivity contribution < 1.29 is 15.0 Å². The molecular weight excluding hydrogens is 134 g/mol. The molecule has 0 heterocycles. The molecule has 1 amide bonds. The molecule has 1 rings (SSSR count). The molecule has 0 aromatic carbocycles. The number of aliphatic hydroxyl groups is 1. The average Bonchev–Trinajstić information content (AvgIpc) is 1.77. The summed E-state index contributed by atoms with van der Waals surface area (Å²) in [5.41, 5.74) is 0. The van der Waals surface area contributed by atoms with Crippen LogP contribution >= 0.6 is 0 Å². The van der Waals surface area contributed by atoms with Gasteiger partial charge in [0.05, 0.1) is 6.10 Å². The number of aliphatic hydroxyl groups excluding tert-OH is 1. The Bertz CT molecular complexity index is 131. The summed E-state index contributed by atoms with van der Waals surface area (Å²) in [6.45, 7) is 0.479. The fourth-order valence-electron chi connectivity index (χ4n) is 1.10. The maximum absolute atomic E-state index is 9.95. The Balaban J connectivity index is 2.00. The van der Waals surface area contributed by atoms with Crippen LogP contribution in [0.4, 0.5) is 4.79 Å². The van der Waals surface area contributed by atoms with E-state index >= 15 is 0 Å². The molecule has 0 radical (unpaired) electrons. The molecule has 1 aliphatic carbocycles. The molecule has 4 heteroatoms. The van der Waals surface area contributed by atoms with E-state index in [4.69, 9.17) is 10.2 Å². The van der Waals surface area contributed by atoms with Crippen LogP contribution in [0.3, 0.4) is 0 Å². The summed E-state index contributed by atoms with van der Waals surface area (Å²) >= 11 is 0.